The van der Waals surface area contributed by atoms with Crippen molar-refractivity contribution in [1.82, 2.24) is 24.7 Å². The van der Waals surface area contributed by atoms with E-state index < -0.39 is 22.2 Å². The third-order valence-corrected chi connectivity index (χ3v) is 7.77. The second-order valence-electron chi connectivity index (χ2n) is 8.51. The van der Waals surface area contributed by atoms with Gasteiger partial charge in [0.2, 0.25) is 10.0 Å². The minimum atomic E-state index is -3.84. The first-order chi connectivity index (χ1) is 17.1. The van der Waals surface area contributed by atoms with Crippen LogP contribution in [0.1, 0.15) is 11.7 Å². The van der Waals surface area contributed by atoms with Gasteiger partial charge in [0.15, 0.2) is 0 Å². The predicted molar refractivity (Wildman–Crippen MR) is 125 cm³/mol. The second-order valence-corrected chi connectivity index (χ2v) is 10.2. The van der Waals surface area contributed by atoms with Crippen molar-refractivity contribution >= 4 is 20.9 Å². The maximum Gasteiger partial charge on any atom is 0.243 e. The van der Waals surface area contributed by atoms with Crippen molar-refractivity contribution in [3.8, 4) is 5.75 Å². The number of ether oxygens (including phenoxy) is 3. The number of pyridine rings is 1. The molecule has 6 rings (SSSR count). The zero-order valence-electron chi connectivity index (χ0n) is 18.6. The molecular formula is C24H23N5O5S. The molecule has 2 aliphatic rings. The summed E-state index contributed by atoms with van der Waals surface area (Å²) in [6.07, 6.45) is 2.60. The lowest BCUT2D eigenvalue weighted by atomic mass is 10.1. The van der Waals surface area contributed by atoms with E-state index in [1.54, 1.807) is 29.1 Å². The Bertz CT molecular complexity index is 1440. The third kappa shape index (κ3) is 4.27. The van der Waals surface area contributed by atoms with Crippen LogP contribution in [0.4, 0.5) is 0 Å². The zero-order chi connectivity index (χ0) is 23.8. The van der Waals surface area contributed by atoms with E-state index in [-0.39, 0.29) is 30.3 Å². The molecule has 4 aromatic rings. The lowest BCUT2D eigenvalue weighted by molar-refractivity contribution is 0.0624. The van der Waals surface area contributed by atoms with Gasteiger partial charge in [0.1, 0.15) is 41.2 Å². The van der Waals surface area contributed by atoms with Crippen LogP contribution < -0.4 is 9.46 Å². The lowest BCUT2D eigenvalue weighted by Crippen LogP contribution is -2.44. The van der Waals surface area contributed by atoms with Gasteiger partial charge in [0.25, 0.3) is 0 Å². The van der Waals surface area contributed by atoms with Gasteiger partial charge >= 0.3 is 0 Å². The van der Waals surface area contributed by atoms with E-state index in [2.05, 4.69) is 20.0 Å². The largest absolute Gasteiger partial charge is 0.487 e. The molecule has 2 saturated heterocycles. The van der Waals surface area contributed by atoms with Crippen LogP contribution in [0.15, 0.2) is 78.0 Å². The number of sulfonamides is 1. The molecule has 0 aliphatic carbocycles. The van der Waals surface area contributed by atoms with Crippen LogP contribution in [0, 0.1) is 0 Å². The van der Waals surface area contributed by atoms with Crippen LogP contribution in [0.3, 0.4) is 0 Å². The summed E-state index contributed by atoms with van der Waals surface area (Å²) in [4.78, 5) is 4.40. The van der Waals surface area contributed by atoms with Crippen LogP contribution in [0.5, 0.6) is 5.75 Å². The van der Waals surface area contributed by atoms with E-state index >= 15 is 0 Å². The van der Waals surface area contributed by atoms with Crippen molar-refractivity contribution in [3.05, 3.63) is 78.8 Å². The molecule has 2 aromatic heterocycles. The Hall–Kier alpha value is -3.38. The molecule has 0 saturated carbocycles. The summed E-state index contributed by atoms with van der Waals surface area (Å²) in [5.41, 5.74) is 1.10. The molecule has 2 aromatic carbocycles. The molecule has 4 atom stereocenters. The molecule has 0 spiro atoms. The highest BCUT2D eigenvalue weighted by Gasteiger charge is 2.50. The van der Waals surface area contributed by atoms with Crippen LogP contribution in [-0.4, -0.2) is 59.9 Å². The van der Waals surface area contributed by atoms with E-state index in [0.717, 1.165) is 11.1 Å². The van der Waals surface area contributed by atoms with E-state index in [1.807, 2.05) is 48.7 Å². The molecule has 0 radical (unpaired) electrons. The summed E-state index contributed by atoms with van der Waals surface area (Å²) in [5, 5.41) is 9.18. The fourth-order valence-electron chi connectivity index (χ4n) is 4.58. The zero-order valence-corrected chi connectivity index (χ0v) is 19.4. The summed E-state index contributed by atoms with van der Waals surface area (Å²) >= 11 is 0. The summed E-state index contributed by atoms with van der Waals surface area (Å²) in [6, 6.07) is 17.4. The number of nitrogens with one attached hydrogen (secondary N) is 1. The van der Waals surface area contributed by atoms with Gasteiger partial charge in [-0.15, -0.1) is 5.10 Å². The number of para-hydroxylation sites is 2. The minimum Gasteiger partial charge on any atom is -0.487 e. The molecule has 2 fully saturated rings. The van der Waals surface area contributed by atoms with Crippen molar-refractivity contribution in [1.29, 1.82) is 0 Å². The van der Waals surface area contributed by atoms with Gasteiger partial charge < -0.3 is 14.2 Å². The van der Waals surface area contributed by atoms with Crippen molar-refractivity contribution in [2.75, 3.05) is 13.2 Å². The van der Waals surface area contributed by atoms with Gasteiger partial charge in [0.05, 0.1) is 31.0 Å². The molecule has 2 aliphatic heterocycles. The average Bonchev–Trinajstić information content (AvgIpc) is 3.61. The fraction of sp³-hybridized carbons (Fsp3) is 0.292. The second kappa shape index (κ2) is 9.00. The molecule has 4 heterocycles. The maximum absolute atomic E-state index is 13.2. The quantitative estimate of drug-likeness (QED) is 0.416. The van der Waals surface area contributed by atoms with Crippen molar-refractivity contribution < 1.29 is 22.6 Å². The maximum atomic E-state index is 13.2. The van der Waals surface area contributed by atoms with Gasteiger partial charge in [-0.25, -0.2) is 17.8 Å². The molecular weight excluding hydrogens is 470 g/mol. The van der Waals surface area contributed by atoms with Gasteiger partial charge in [0, 0.05) is 11.6 Å². The van der Waals surface area contributed by atoms with Crippen molar-refractivity contribution in [2.45, 2.75) is 35.8 Å². The van der Waals surface area contributed by atoms with E-state index in [4.69, 9.17) is 14.2 Å². The molecule has 0 unspecified atom stereocenters. The number of hydrogen-bond donors (Lipinski definition) is 1. The first-order valence-electron chi connectivity index (χ1n) is 11.3. The highest BCUT2D eigenvalue weighted by Crippen LogP contribution is 2.35. The van der Waals surface area contributed by atoms with Gasteiger partial charge in [-0.1, -0.05) is 41.6 Å². The predicted octanol–water partition coefficient (Wildman–Crippen LogP) is 2.09. The third-order valence-electron chi connectivity index (χ3n) is 6.25. The molecule has 0 bridgehead atoms. The fourth-order valence-corrected chi connectivity index (χ4v) is 5.99. The summed E-state index contributed by atoms with van der Waals surface area (Å²) < 4.78 is 48.6. The Kier molecular flexibility index (Phi) is 5.69. The Balaban J connectivity index is 1.14. The van der Waals surface area contributed by atoms with Gasteiger partial charge in [-0.2, -0.15) is 0 Å². The summed E-state index contributed by atoms with van der Waals surface area (Å²) in [7, 11) is -3.84. The SMILES string of the molecule is O=S(=O)(N[C@H]1CO[C@H]2[C@H]1OC[C@H]2n1cc(COc2ccccc2)nn1)c1cccc2cccnc12. The van der Waals surface area contributed by atoms with Crippen LogP contribution in [0.25, 0.3) is 10.9 Å². The summed E-state index contributed by atoms with van der Waals surface area (Å²) in [6.45, 7) is 0.821. The Labute approximate surface area is 201 Å². The highest BCUT2D eigenvalue weighted by atomic mass is 32.2. The molecule has 1 N–H and O–H groups in total. The first kappa shape index (κ1) is 22.1. The van der Waals surface area contributed by atoms with Gasteiger partial charge in [-0.05, 0) is 24.3 Å². The minimum absolute atomic E-state index is 0.132. The van der Waals surface area contributed by atoms with Crippen LogP contribution >= 0.6 is 0 Å². The lowest BCUT2D eigenvalue weighted by Gasteiger charge is -2.18. The Morgan fingerprint density at radius 1 is 1.00 bits per heavy atom. The molecule has 11 heteroatoms. The van der Waals surface area contributed by atoms with Crippen LogP contribution in [0.2, 0.25) is 0 Å². The Morgan fingerprint density at radius 3 is 2.71 bits per heavy atom. The number of fused-ring (bicyclic) bond motifs is 2. The average molecular weight is 494 g/mol. The monoisotopic (exact) mass is 493 g/mol. The number of rotatable bonds is 7. The standard InChI is InChI=1S/C24H23N5O5S/c30-35(31,21-10-4-6-16-7-5-11-25-22(16)21)27-19-14-33-24-20(15-34-23(19)24)29-12-17(26-28-29)13-32-18-8-2-1-3-9-18/h1-12,19-20,23-24,27H,13-15H2/t19-,20+,23-,24+/m0/s1. The number of nitrogens with zero attached hydrogens (tertiary/aromatic N) is 4. The number of benzene rings is 2. The topological polar surface area (TPSA) is 117 Å². The van der Waals surface area contributed by atoms with Gasteiger partial charge in [-0.3, -0.25) is 4.98 Å². The normalized spacial score (nSPS) is 24.0. The summed E-state index contributed by atoms with van der Waals surface area (Å²) in [5.74, 6) is 0.752. The van der Waals surface area contributed by atoms with Crippen LogP contribution in [-0.2, 0) is 26.1 Å². The van der Waals surface area contributed by atoms with Crippen molar-refractivity contribution in [3.63, 3.8) is 0 Å². The Morgan fingerprint density at radius 2 is 1.83 bits per heavy atom. The van der Waals surface area contributed by atoms with E-state index in [1.165, 1.54) is 0 Å². The number of hydrogen-bond acceptors (Lipinski definition) is 8. The molecule has 0 amide bonds. The van der Waals surface area contributed by atoms with Crippen molar-refractivity contribution in [2.24, 2.45) is 0 Å². The highest BCUT2D eigenvalue weighted by molar-refractivity contribution is 7.89. The molecule has 10 nitrogen and oxygen atoms in total. The van der Waals surface area contributed by atoms with E-state index in [9.17, 15) is 8.42 Å². The number of aromatic nitrogens is 4. The molecule has 35 heavy (non-hydrogen) atoms. The van der Waals surface area contributed by atoms with E-state index in [0.29, 0.717) is 17.8 Å². The first-order valence-corrected chi connectivity index (χ1v) is 12.7. The smallest absolute Gasteiger partial charge is 0.243 e. The molecule has 180 valence electrons.